The molecule has 1 aromatic rings. The molecular weight excluding hydrogens is 304 g/mol. The summed E-state index contributed by atoms with van der Waals surface area (Å²) < 4.78 is 6.74. The van der Waals surface area contributed by atoms with E-state index < -0.39 is 0 Å². The van der Waals surface area contributed by atoms with Crippen molar-refractivity contribution in [3.8, 4) is 5.75 Å². The van der Waals surface area contributed by atoms with E-state index in [0.29, 0.717) is 0 Å². The summed E-state index contributed by atoms with van der Waals surface area (Å²) in [4.78, 5) is 2.51. The first-order valence-electron chi connectivity index (χ1n) is 7.14. The predicted octanol–water partition coefficient (Wildman–Crippen LogP) is 3.03. The zero-order valence-electron chi connectivity index (χ0n) is 11.6. The molecule has 1 N–H and O–H groups in total. The first-order chi connectivity index (χ1) is 9.29. The summed E-state index contributed by atoms with van der Waals surface area (Å²) in [6.45, 7) is 8.47. The van der Waals surface area contributed by atoms with Crippen LogP contribution in [0.15, 0.2) is 22.7 Å². The van der Waals surface area contributed by atoms with E-state index in [0.717, 1.165) is 49.4 Å². The molecule has 1 fully saturated rings. The molecule has 4 heteroatoms. The van der Waals surface area contributed by atoms with Crippen LogP contribution in [-0.2, 0) is 6.54 Å². The van der Waals surface area contributed by atoms with Crippen LogP contribution in [0.5, 0.6) is 5.75 Å². The highest BCUT2D eigenvalue weighted by atomic mass is 79.9. The van der Waals surface area contributed by atoms with Gasteiger partial charge in [-0.2, -0.15) is 0 Å². The Kier molecular flexibility index (Phi) is 6.14. The molecule has 106 valence electrons. The third kappa shape index (κ3) is 4.79. The molecule has 1 heterocycles. The van der Waals surface area contributed by atoms with Crippen LogP contribution in [0.25, 0.3) is 0 Å². The van der Waals surface area contributed by atoms with Gasteiger partial charge in [0.2, 0.25) is 0 Å². The molecule has 1 aromatic carbocycles. The van der Waals surface area contributed by atoms with Crippen LogP contribution < -0.4 is 10.1 Å². The van der Waals surface area contributed by atoms with E-state index in [9.17, 15) is 0 Å². The molecule has 0 aliphatic carbocycles. The Bertz CT molecular complexity index is 390. The maximum atomic E-state index is 5.68. The minimum Gasteiger partial charge on any atom is -0.492 e. The van der Waals surface area contributed by atoms with Crippen LogP contribution in [0.1, 0.15) is 25.3 Å². The second-order valence-electron chi connectivity index (χ2n) is 4.99. The topological polar surface area (TPSA) is 24.5 Å². The Morgan fingerprint density at radius 1 is 1.32 bits per heavy atom. The molecule has 0 bridgehead atoms. The van der Waals surface area contributed by atoms with E-state index in [-0.39, 0.29) is 0 Å². The summed E-state index contributed by atoms with van der Waals surface area (Å²) in [5.74, 6) is 0.947. The summed E-state index contributed by atoms with van der Waals surface area (Å²) in [6, 6.07) is 6.43. The first kappa shape index (κ1) is 14.8. The van der Waals surface area contributed by atoms with Crippen LogP contribution in [0, 0.1) is 0 Å². The van der Waals surface area contributed by atoms with Crippen LogP contribution >= 0.6 is 15.9 Å². The normalized spacial score (nSPS) is 17.2. The van der Waals surface area contributed by atoms with E-state index in [4.69, 9.17) is 4.74 Å². The highest BCUT2D eigenvalue weighted by Gasteiger charge is 2.10. The van der Waals surface area contributed by atoms with Crippen LogP contribution in [0.4, 0.5) is 0 Å². The van der Waals surface area contributed by atoms with E-state index in [2.05, 4.69) is 51.3 Å². The fourth-order valence-corrected chi connectivity index (χ4v) is 2.83. The SMILES string of the molecule is CCCOc1ccc(CN2CCCNCC2)cc1Br. The number of rotatable bonds is 5. The van der Waals surface area contributed by atoms with Gasteiger partial charge in [-0.1, -0.05) is 13.0 Å². The van der Waals surface area contributed by atoms with Gasteiger partial charge < -0.3 is 10.1 Å². The molecule has 0 aromatic heterocycles. The Morgan fingerprint density at radius 2 is 2.21 bits per heavy atom. The second kappa shape index (κ2) is 7.88. The van der Waals surface area contributed by atoms with Gasteiger partial charge in [0.15, 0.2) is 0 Å². The summed E-state index contributed by atoms with van der Waals surface area (Å²) in [5, 5.41) is 3.44. The molecular formula is C15H23BrN2O. The standard InChI is InChI=1S/C15H23BrN2O/c1-2-10-19-15-5-4-13(11-14(15)16)12-18-8-3-6-17-7-9-18/h4-5,11,17H,2-3,6-10,12H2,1H3. The maximum Gasteiger partial charge on any atom is 0.133 e. The minimum absolute atomic E-state index is 0.774. The molecule has 2 rings (SSSR count). The van der Waals surface area contributed by atoms with E-state index in [1.165, 1.54) is 18.5 Å². The van der Waals surface area contributed by atoms with Crippen molar-refractivity contribution in [3.63, 3.8) is 0 Å². The monoisotopic (exact) mass is 326 g/mol. The minimum atomic E-state index is 0.774. The molecule has 0 amide bonds. The second-order valence-corrected chi connectivity index (χ2v) is 5.85. The molecule has 0 radical (unpaired) electrons. The number of halogens is 1. The molecule has 3 nitrogen and oxygen atoms in total. The Hall–Kier alpha value is -0.580. The number of hydrogen-bond donors (Lipinski definition) is 1. The van der Waals surface area contributed by atoms with E-state index >= 15 is 0 Å². The quantitative estimate of drug-likeness (QED) is 0.900. The Balaban J connectivity index is 1.94. The average Bonchev–Trinajstić information content (AvgIpc) is 2.66. The van der Waals surface area contributed by atoms with Gasteiger partial charge in [0.25, 0.3) is 0 Å². The third-order valence-electron chi connectivity index (χ3n) is 3.30. The zero-order chi connectivity index (χ0) is 13.5. The molecule has 0 saturated carbocycles. The number of hydrogen-bond acceptors (Lipinski definition) is 3. The lowest BCUT2D eigenvalue weighted by molar-refractivity contribution is 0.283. The van der Waals surface area contributed by atoms with Crippen LogP contribution in [-0.4, -0.2) is 37.7 Å². The lowest BCUT2D eigenvalue weighted by Crippen LogP contribution is -2.27. The lowest BCUT2D eigenvalue weighted by atomic mass is 10.2. The molecule has 1 saturated heterocycles. The molecule has 1 aliphatic heterocycles. The van der Waals surface area contributed by atoms with Crippen molar-refractivity contribution in [3.05, 3.63) is 28.2 Å². The first-order valence-corrected chi connectivity index (χ1v) is 7.93. The zero-order valence-corrected chi connectivity index (χ0v) is 13.2. The third-order valence-corrected chi connectivity index (χ3v) is 3.92. The summed E-state index contributed by atoms with van der Waals surface area (Å²) in [5.41, 5.74) is 1.35. The van der Waals surface area contributed by atoms with Crippen LogP contribution in [0.2, 0.25) is 0 Å². The van der Waals surface area contributed by atoms with Gasteiger partial charge in [-0.15, -0.1) is 0 Å². The molecule has 0 spiro atoms. The Labute approximate surface area is 124 Å². The number of nitrogens with one attached hydrogen (secondary N) is 1. The summed E-state index contributed by atoms with van der Waals surface area (Å²) in [6.07, 6.45) is 2.27. The van der Waals surface area contributed by atoms with Gasteiger partial charge in [0.05, 0.1) is 11.1 Å². The number of ether oxygens (including phenoxy) is 1. The van der Waals surface area contributed by atoms with Crippen LogP contribution in [0.3, 0.4) is 0 Å². The lowest BCUT2D eigenvalue weighted by Gasteiger charge is -2.20. The van der Waals surface area contributed by atoms with E-state index in [1.807, 2.05) is 0 Å². The van der Waals surface area contributed by atoms with Crippen molar-refractivity contribution in [1.29, 1.82) is 0 Å². The van der Waals surface area contributed by atoms with Crippen molar-refractivity contribution >= 4 is 15.9 Å². The highest BCUT2D eigenvalue weighted by molar-refractivity contribution is 9.10. The largest absolute Gasteiger partial charge is 0.492 e. The molecule has 0 unspecified atom stereocenters. The van der Waals surface area contributed by atoms with Crippen molar-refractivity contribution < 1.29 is 4.74 Å². The average molecular weight is 327 g/mol. The smallest absolute Gasteiger partial charge is 0.133 e. The maximum absolute atomic E-state index is 5.68. The van der Waals surface area contributed by atoms with Crippen molar-refractivity contribution in [2.45, 2.75) is 26.3 Å². The van der Waals surface area contributed by atoms with Crippen molar-refractivity contribution in [2.24, 2.45) is 0 Å². The summed E-state index contributed by atoms with van der Waals surface area (Å²) in [7, 11) is 0. The van der Waals surface area contributed by atoms with Gasteiger partial charge in [-0.3, -0.25) is 4.90 Å². The van der Waals surface area contributed by atoms with Gasteiger partial charge >= 0.3 is 0 Å². The van der Waals surface area contributed by atoms with Crippen molar-refractivity contribution in [1.82, 2.24) is 10.2 Å². The highest BCUT2D eigenvalue weighted by Crippen LogP contribution is 2.26. The Morgan fingerprint density at radius 3 is 3.00 bits per heavy atom. The fraction of sp³-hybridized carbons (Fsp3) is 0.600. The molecule has 0 atom stereocenters. The van der Waals surface area contributed by atoms with E-state index in [1.54, 1.807) is 0 Å². The predicted molar refractivity (Wildman–Crippen MR) is 82.7 cm³/mol. The fourth-order valence-electron chi connectivity index (χ4n) is 2.29. The molecule has 19 heavy (non-hydrogen) atoms. The molecule has 1 aliphatic rings. The van der Waals surface area contributed by atoms with Gasteiger partial charge in [-0.25, -0.2) is 0 Å². The van der Waals surface area contributed by atoms with Gasteiger partial charge in [0.1, 0.15) is 5.75 Å². The van der Waals surface area contributed by atoms with Gasteiger partial charge in [-0.05, 0) is 59.6 Å². The summed E-state index contributed by atoms with van der Waals surface area (Å²) >= 11 is 3.60. The van der Waals surface area contributed by atoms with Gasteiger partial charge in [0, 0.05) is 19.6 Å². The number of nitrogens with zero attached hydrogens (tertiary/aromatic N) is 1. The number of benzene rings is 1. The van der Waals surface area contributed by atoms with Crippen molar-refractivity contribution in [2.75, 3.05) is 32.8 Å².